The molecule has 0 unspecified atom stereocenters. The van der Waals surface area contributed by atoms with Crippen molar-refractivity contribution in [2.45, 2.75) is 6.42 Å². The summed E-state index contributed by atoms with van der Waals surface area (Å²) in [5.74, 6) is 0. The van der Waals surface area contributed by atoms with Crippen LogP contribution in [0.15, 0.2) is 54.6 Å². The standard InChI is InChI=1S/C16H12N4/c17-11-15-16(19-20-18-15)14-8-6-13(7-9-14)10-12-4-2-1-3-5-12/h1-9H,10H2,(H,18,19,20). The highest BCUT2D eigenvalue weighted by Crippen LogP contribution is 2.20. The molecule has 4 heteroatoms. The molecule has 3 rings (SSSR count). The van der Waals surface area contributed by atoms with Crippen LogP contribution < -0.4 is 0 Å². The summed E-state index contributed by atoms with van der Waals surface area (Å²) in [5.41, 5.74) is 4.38. The Morgan fingerprint density at radius 3 is 2.35 bits per heavy atom. The highest BCUT2D eigenvalue weighted by atomic mass is 15.3. The second kappa shape index (κ2) is 5.37. The highest BCUT2D eigenvalue weighted by molar-refractivity contribution is 5.64. The maximum atomic E-state index is 8.96. The first-order chi connectivity index (χ1) is 9.86. The van der Waals surface area contributed by atoms with Crippen LogP contribution in [0.25, 0.3) is 11.3 Å². The van der Waals surface area contributed by atoms with Crippen molar-refractivity contribution in [1.82, 2.24) is 15.4 Å². The highest BCUT2D eigenvalue weighted by Gasteiger charge is 2.08. The minimum Gasteiger partial charge on any atom is -0.247 e. The number of benzene rings is 2. The maximum absolute atomic E-state index is 8.96. The maximum Gasteiger partial charge on any atom is 0.163 e. The fourth-order valence-electron chi connectivity index (χ4n) is 2.12. The minimum atomic E-state index is 0.390. The van der Waals surface area contributed by atoms with Crippen LogP contribution >= 0.6 is 0 Å². The fraction of sp³-hybridized carbons (Fsp3) is 0.0625. The molecule has 0 atom stereocenters. The molecule has 0 spiro atoms. The molecule has 0 bridgehead atoms. The smallest absolute Gasteiger partial charge is 0.163 e. The molecule has 0 saturated carbocycles. The van der Waals surface area contributed by atoms with E-state index in [2.05, 4.69) is 39.7 Å². The van der Waals surface area contributed by atoms with Crippen molar-refractivity contribution in [3.05, 3.63) is 71.4 Å². The molecule has 4 nitrogen and oxygen atoms in total. The van der Waals surface area contributed by atoms with Crippen LogP contribution in [-0.2, 0) is 6.42 Å². The van der Waals surface area contributed by atoms with Crippen molar-refractivity contribution in [2.24, 2.45) is 0 Å². The number of hydrogen-bond acceptors (Lipinski definition) is 3. The molecule has 96 valence electrons. The third-order valence-corrected chi connectivity index (χ3v) is 3.14. The average molecular weight is 260 g/mol. The average Bonchev–Trinajstić information content (AvgIpc) is 2.98. The van der Waals surface area contributed by atoms with Crippen LogP contribution in [0.4, 0.5) is 0 Å². The van der Waals surface area contributed by atoms with Crippen LogP contribution in [0.1, 0.15) is 16.8 Å². The van der Waals surface area contributed by atoms with Crippen LogP contribution in [0.3, 0.4) is 0 Å². The molecule has 0 fully saturated rings. The van der Waals surface area contributed by atoms with Gasteiger partial charge in [0.2, 0.25) is 0 Å². The van der Waals surface area contributed by atoms with Gasteiger partial charge in [0.25, 0.3) is 0 Å². The predicted octanol–water partition coefficient (Wildman–Crippen LogP) is 2.93. The number of hydrogen-bond donors (Lipinski definition) is 1. The molecule has 0 aliphatic carbocycles. The van der Waals surface area contributed by atoms with E-state index in [0.717, 1.165) is 12.0 Å². The lowest BCUT2D eigenvalue weighted by molar-refractivity contribution is 0.937. The quantitative estimate of drug-likeness (QED) is 0.787. The number of nitriles is 1. The third-order valence-electron chi connectivity index (χ3n) is 3.14. The van der Waals surface area contributed by atoms with E-state index in [0.29, 0.717) is 11.4 Å². The van der Waals surface area contributed by atoms with E-state index in [9.17, 15) is 0 Å². The van der Waals surface area contributed by atoms with E-state index >= 15 is 0 Å². The largest absolute Gasteiger partial charge is 0.247 e. The van der Waals surface area contributed by atoms with Crippen molar-refractivity contribution in [2.75, 3.05) is 0 Å². The molecule has 1 N–H and O–H groups in total. The fourth-order valence-corrected chi connectivity index (χ4v) is 2.12. The van der Waals surface area contributed by atoms with Crippen molar-refractivity contribution < 1.29 is 0 Å². The second-order valence-electron chi connectivity index (χ2n) is 4.51. The zero-order chi connectivity index (χ0) is 13.8. The van der Waals surface area contributed by atoms with Crippen molar-refractivity contribution in [3.63, 3.8) is 0 Å². The van der Waals surface area contributed by atoms with Gasteiger partial charge in [0, 0.05) is 5.56 Å². The van der Waals surface area contributed by atoms with Gasteiger partial charge in [-0.05, 0) is 17.5 Å². The van der Waals surface area contributed by atoms with Gasteiger partial charge in [-0.25, -0.2) is 5.10 Å². The summed E-state index contributed by atoms with van der Waals surface area (Å²) in [6.07, 6.45) is 0.894. The number of aromatic nitrogens is 3. The molecule has 1 aromatic heterocycles. The Morgan fingerprint density at radius 2 is 1.65 bits per heavy atom. The zero-order valence-corrected chi connectivity index (χ0v) is 10.7. The summed E-state index contributed by atoms with van der Waals surface area (Å²) in [6.45, 7) is 0. The molecule has 0 saturated heterocycles. The van der Waals surface area contributed by atoms with Gasteiger partial charge in [-0.3, -0.25) is 0 Å². The monoisotopic (exact) mass is 260 g/mol. The lowest BCUT2D eigenvalue weighted by atomic mass is 10.0. The summed E-state index contributed by atoms with van der Waals surface area (Å²) in [4.78, 5) is 0. The van der Waals surface area contributed by atoms with Crippen LogP contribution in [-0.4, -0.2) is 15.4 Å². The van der Waals surface area contributed by atoms with Crippen LogP contribution in [0.2, 0.25) is 0 Å². The Labute approximate surface area is 116 Å². The van der Waals surface area contributed by atoms with Crippen molar-refractivity contribution >= 4 is 0 Å². The molecule has 0 radical (unpaired) electrons. The molecule has 0 aliphatic heterocycles. The van der Waals surface area contributed by atoms with E-state index in [-0.39, 0.29) is 0 Å². The van der Waals surface area contributed by atoms with Gasteiger partial charge in [0.1, 0.15) is 11.8 Å². The Hall–Kier alpha value is -2.93. The number of nitrogens with zero attached hydrogens (tertiary/aromatic N) is 3. The lowest BCUT2D eigenvalue weighted by Crippen LogP contribution is -1.88. The normalized spacial score (nSPS) is 10.2. The molecular weight excluding hydrogens is 248 g/mol. The van der Waals surface area contributed by atoms with Crippen molar-refractivity contribution in [1.29, 1.82) is 5.26 Å². The van der Waals surface area contributed by atoms with E-state index in [1.165, 1.54) is 11.1 Å². The van der Waals surface area contributed by atoms with Gasteiger partial charge >= 0.3 is 0 Å². The Kier molecular flexibility index (Phi) is 3.25. The number of nitrogens with one attached hydrogen (secondary N) is 1. The van der Waals surface area contributed by atoms with Crippen LogP contribution in [0.5, 0.6) is 0 Å². The number of H-pyrrole nitrogens is 1. The van der Waals surface area contributed by atoms with Crippen LogP contribution in [0, 0.1) is 11.3 Å². The number of aromatic amines is 1. The summed E-state index contributed by atoms with van der Waals surface area (Å²) in [5, 5.41) is 19.1. The molecule has 1 heterocycles. The van der Waals surface area contributed by atoms with E-state index in [1.807, 2.05) is 36.4 Å². The molecule has 0 aliphatic rings. The van der Waals surface area contributed by atoms with E-state index in [4.69, 9.17) is 5.26 Å². The first-order valence-corrected chi connectivity index (χ1v) is 6.31. The molecular formula is C16H12N4. The first-order valence-electron chi connectivity index (χ1n) is 6.31. The second-order valence-corrected chi connectivity index (χ2v) is 4.51. The van der Waals surface area contributed by atoms with E-state index in [1.54, 1.807) is 0 Å². The van der Waals surface area contributed by atoms with Gasteiger partial charge < -0.3 is 0 Å². The predicted molar refractivity (Wildman–Crippen MR) is 75.8 cm³/mol. The summed E-state index contributed by atoms with van der Waals surface area (Å²) in [7, 11) is 0. The third kappa shape index (κ3) is 2.43. The van der Waals surface area contributed by atoms with Gasteiger partial charge in [0.05, 0.1) is 0 Å². The lowest BCUT2D eigenvalue weighted by Gasteiger charge is -2.03. The molecule has 0 amide bonds. The minimum absolute atomic E-state index is 0.390. The van der Waals surface area contributed by atoms with Gasteiger partial charge in [-0.2, -0.15) is 5.26 Å². The molecule has 3 aromatic rings. The Balaban J connectivity index is 1.84. The Bertz CT molecular complexity index is 736. The topological polar surface area (TPSA) is 65.4 Å². The van der Waals surface area contributed by atoms with Crippen molar-refractivity contribution in [3.8, 4) is 17.3 Å². The zero-order valence-electron chi connectivity index (χ0n) is 10.7. The summed E-state index contributed by atoms with van der Waals surface area (Å²) < 4.78 is 0. The summed E-state index contributed by atoms with van der Waals surface area (Å²) >= 11 is 0. The van der Waals surface area contributed by atoms with Gasteiger partial charge in [-0.1, -0.05) is 59.8 Å². The molecule has 20 heavy (non-hydrogen) atoms. The Morgan fingerprint density at radius 1 is 0.950 bits per heavy atom. The van der Waals surface area contributed by atoms with Gasteiger partial charge in [-0.15, -0.1) is 5.10 Å². The summed E-state index contributed by atoms with van der Waals surface area (Å²) in [6, 6.07) is 20.4. The number of rotatable bonds is 3. The SMILES string of the molecule is N#Cc1[nH]nnc1-c1ccc(Cc2ccccc2)cc1. The molecule has 2 aromatic carbocycles. The first kappa shape index (κ1) is 12.1. The van der Waals surface area contributed by atoms with Gasteiger partial charge in [0.15, 0.2) is 5.69 Å². The van der Waals surface area contributed by atoms with E-state index < -0.39 is 0 Å².